The fourth-order valence-electron chi connectivity index (χ4n) is 3.01. The molecule has 0 N–H and O–H groups in total. The molecule has 3 heterocycles. The third-order valence-electron chi connectivity index (χ3n) is 4.49. The maximum atomic E-state index is 12.8. The van der Waals surface area contributed by atoms with Gasteiger partial charge in [0.2, 0.25) is 17.7 Å². The molecule has 1 aromatic carbocycles. The van der Waals surface area contributed by atoms with Crippen molar-refractivity contribution in [2.24, 2.45) is 0 Å². The van der Waals surface area contributed by atoms with Crippen LogP contribution in [0.5, 0.6) is 0 Å². The number of halogens is 3. The minimum atomic E-state index is -4.49. The lowest BCUT2D eigenvalue weighted by Gasteiger charge is -2.16. The Hall–Kier alpha value is -2.97. The SMILES string of the molecule is Cc1ccc(-c2nnc(C3CCN(c4nccc(C(F)(F)F)n4)C3)o2)cc1. The number of aromatic nitrogens is 4. The summed E-state index contributed by atoms with van der Waals surface area (Å²) in [4.78, 5) is 9.31. The van der Waals surface area contributed by atoms with Gasteiger partial charge in [0.15, 0.2) is 0 Å². The molecular weight excluding hydrogens is 359 g/mol. The van der Waals surface area contributed by atoms with E-state index in [0.717, 1.165) is 23.4 Å². The van der Waals surface area contributed by atoms with Gasteiger partial charge in [-0.05, 0) is 31.5 Å². The lowest BCUT2D eigenvalue weighted by molar-refractivity contribution is -0.141. The molecule has 0 amide bonds. The van der Waals surface area contributed by atoms with Crippen molar-refractivity contribution in [1.29, 1.82) is 0 Å². The van der Waals surface area contributed by atoms with Gasteiger partial charge in [-0.2, -0.15) is 13.2 Å². The van der Waals surface area contributed by atoms with Gasteiger partial charge in [0, 0.05) is 24.8 Å². The molecule has 2 aromatic heterocycles. The molecule has 0 spiro atoms. The van der Waals surface area contributed by atoms with Crippen LogP contribution in [0.3, 0.4) is 0 Å². The molecule has 3 aromatic rings. The van der Waals surface area contributed by atoms with Crippen LogP contribution in [0.2, 0.25) is 0 Å². The van der Waals surface area contributed by atoms with E-state index in [4.69, 9.17) is 4.42 Å². The number of alkyl halides is 3. The summed E-state index contributed by atoms with van der Waals surface area (Å²) in [6.07, 6.45) is -2.69. The van der Waals surface area contributed by atoms with E-state index in [2.05, 4.69) is 20.2 Å². The zero-order chi connectivity index (χ0) is 19.0. The van der Waals surface area contributed by atoms with E-state index in [1.54, 1.807) is 4.90 Å². The average Bonchev–Trinajstić information content (AvgIpc) is 3.31. The third kappa shape index (κ3) is 3.62. The molecule has 1 atom stereocenters. The second-order valence-corrected chi connectivity index (χ2v) is 6.48. The van der Waals surface area contributed by atoms with Crippen molar-refractivity contribution in [3.05, 3.63) is 53.7 Å². The Labute approximate surface area is 153 Å². The highest BCUT2D eigenvalue weighted by Gasteiger charge is 2.35. The van der Waals surface area contributed by atoms with Crippen LogP contribution < -0.4 is 4.90 Å². The first kappa shape index (κ1) is 17.4. The number of hydrogen-bond acceptors (Lipinski definition) is 6. The predicted molar refractivity (Wildman–Crippen MR) is 91.1 cm³/mol. The van der Waals surface area contributed by atoms with Gasteiger partial charge in [-0.25, -0.2) is 9.97 Å². The summed E-state index contributed by atoms with van der Waals surface area (Å²) in [5.41, 5.74) is 1.01. The molecule has 0 bridgehead atoms. The lowest BCUT2D eigenvalue weighted by atomic mass is 10.1. The van der Waals surface area contributed by atoms with Gasteiger partial charge in [-0.3, -0.25) is 0 Å². The van der Waals surface area contributed by atoms with Gasteiger partial charge in [-0.15, -0.1) is 10.2 Å². The first-order valence-electron chi connectivity index (χ1n) is 8.46. The van der Waals surface area contributed by atoms with Gasteiger partial charge in [0.25, 0.3) is 0 Å². The quantitative estimate of drug-likeness (QED) is 0.693. The van der Waals surface area contributed by atoms with Crippen LogP contribution in [-0.4, -0.2) is 33.3 Å². The van der Waals surface area contributed by atoms with Crippen molar-refractivity contribution >= 4 is 5.95 Å². The fraction of sp³-hybridized carbons (Fsp3) is 0.333. The fourth-order valence-corrected chi connectivity index (χ4v) is 3.01. The topological polar surface area (TPSA) is 67.9 Å². The summed E-state index contributed by atoms with van der Waals surface area (Å²) in [6.45, 7) is 2.94. The molecule has 27 heavy (non-hydrogen) atoms. The molecule has 1 aliphatic rings. The maximum Gasteiger partial charge on any atom is 0.433 e. The van der Waals surface area contributed by atoms with E-state index >= 15 is 0 Å². The van der Waals surface area contributed by atoms with Gasteiger partial charge in [0.05, 0.1) is 5.92 Å². The van der Waals surface area contributed by atoms with E-state index in [1.165, 1.54) is 0 Å². The molecule has 0 radical (unpaired) electrons. The first-order valence-corrected chi connectivity index (χ1v) is 8.46. The Balaban J connectivity index is 1.50. The highest BCUT2D eigenvalue weighted by molar-refractivity contribution is 5.53. The lowest BCUT2D eigenvalue weighted by Crippen LogP contribution is -2.23. The number of aryl methyl sites for hydroxylation is 1. The van der Waals surface area contributed by atoms with Crippen LogP contribution >= 0.6 is 0 Å². The molecule has 4 rings (SSSR count). The first-order chi connectivity index (χ1) is 12.9. The van der Waals surface area contributed by atoms with Crippen LogP contribution in [-0.2, 0) is 6.18 Å². The standard InChI is InChI=1S/C18H16F3N5O/c1-11-2-4-12(5-3-11)15-24-25-16(27-15)13-7-9-26(10-13)17-22-8-6-14(23-17)18(19,20)21/h2-6,8,13H,7,9-10H2,1H3. The minimum Gasteiger partial charge on any atom is -0.420 e. The summed E-state index contributed by atoms with van der Waals surface area (Å²) in [7, 11) is 0. The second kappa shape index (κ2) is 6.64. The summed E-state index contributed by atoms with van der Waals surface area (Å²) in [5.74, 6) is 0.888. The summed E-state index contributed by atoms with van der Waals surface area (Å²) in [6, 6.07) is 8.60. The molecule has 0 aliphatic carbocycles. The largest absolute Gasteiger partial charge is 0.433 e. The number of benzene rings is 1. The molecule has 1 unspecified atom stereocenters. The Morgan fingerprint density at radius 2 is 1.89 bits per heavy atom. The molecule has 9 heteroatoms. The molecular formula is C18H16F3N5O. The molecule has 1 aliphatic heterocycles. The molecule has 140 valence electrons. The van der Waals surface area contributed by atoms with Crippen LogP contribution in [0.15, 0.2) is 40.9 Å². The third-order valence-corrected chi connectivity index (χ3v) is 4.49. The molecule has 1 fully saturated rings. The molecule has 1 saturated heterocycles. The van der Waals surface area contributed by atoms with E-state index in [0.29, 0.717) is 31.3 Å². The average molecular weight is 375 g/mol. The van der Waals surface area contributed by atoms with E-state index in [-0.39, 0.29) is 11.9 Å². The smallest absolute Gasteiger partial charge is 0.420 e. The van der Waals surface area contributed by atoms with Crippen LogP contribution in [0.25, 0.3) is 11.5 Å². The van der Waals surface area contributed by atoms with Crippen LogP contribution in [0, 0.1) is 6.92 Å². The zero-order valence-electron chi connectivity index (χ0n) is 14.4. The Morgan fingerprint density at radius 3 is 2.63 bits per heavy atom. The maximum absolute atomic E-state index is 12.8. The van der Waals surface area contributed by atoms with Gasteiger partial charge in [-0.1, -0.05) is 17.7 Å². The van der Waals surface area contributed by atoms with Crippen molar-refractivity contribution in [3.63, 3.8) is 0 Å². The molecule has 0 saturated carbocycles. The molecule has 6 nitrogen and oxygen atoms in total. The highest BCUT2D eigenvalue weighted by Crippen LogP contribution is 2.32. The van der Waals surface area contributed by atoms with E-state index < -0.39 is 11.9 Å². The Bertz CT molecular complexity index is 939. The van der Waals surface area contributed by atoms with Crippen molar-refractivity contribution < 1.29 is 17.6 Å². The second-order valence-electron chi connectivity index (χ2n) is 6.48. The minimum absolute atomic E-state index is 0.0607. The van der Waals surface area contributed by atoms with Crippen molar-refractivity contribution in [2.75, 3.05) is 18.0 Å². The van der Waals surface area contributed by atoms with Crippen molar-refractivity contribution in [2.45, 2.75) is 25.4 Å². The summed E-state index contributed by atoms with van der Waals surface area (Å²) in [5, 5.41) is 8.21. The predicted octanol–water partition coefficient (Wildman–Crippen LogP) is 3.85. The van der Waals surface area contributed by atoms with Crippen LogP contribution in [0.1, 0.15) is 29.5 Å². The Morgan fingerprint density at radius 1 is 1.11 bits per heavy atom. The number of rotatable bonds is 3. The summed E-state index contributed by atoms with van der Waals surface area (Å²) >= 11 is 0. The number of nitrogens with zero attached hydrogens (tertiary/aromatic N) is 5. The zero-order valence-corrected chi connectivity index (χ0v) is 14.4. The van der Waals surface area contributed by atoms with Gasteiger partial charge >= 0.3 is 6.18 Å². The monoisotopic (exact) mass is 375 g/mol. The van der Waals surface area contributed by atoms with Gasteiger partial charge in [0.1, 0.15) is 5.69 Å². The van der Waals surface area contributed by atoms with Gasteiger partial charge < -0.3 is 9.32 Å². The van der Waals surface area contributed by atoms with Crippen molar-refractivity contribution in [1.82, 2.24) is 20.2 Å². The number of anilines is 1. The Kier molecular flexibility index (Phi) is 4.29. The van der Waals surface area contributed by atoms with E-state index in [9.17, 15) is 13.2 Å². The number of hydrogen-bond donors (Lipinski definition) is 0. The van der Waals surface area contributed by atoms with Crippen LogP contribution in [0.4, 0.5) is 19.1 Å². The van der Waals surface area contributed by atoms with Crippen molar-refractivity contribution in [3.8, 4) is 11.5 Å². The van der Waals surface area contributed by atoms with E-state index in [1.807, 2.05) is 31.2 Å². The summed E-state index contributed by atoms with van der Waals surface area (Å²) < 4.78 is 44.3. The normalized spacial score (nSPS) is 17.5. The highest BCUT2D eigenvalue weighted by atomic mass is 19.4.